The number of carbonyl (C=O) groups is 1. The third-order valence-electron chi connectivity index (χ3n) is 5.82. The minimum absolute atomic E-state index is 0.190. The number of carbonyl (C=O) groups excluding carboxylic acids is 1. The number of ether oxygens (including phenoxy) is 2. The fraction of sp³-hybridized carbons (Fsp3) is 0.500. The number of unbranched alkanes of at least 4 members (excludes halogenated alkanes) is 1. The molecule has 0 heterocycles. The Morgan fingerprint density at radius 2 is 1.83 bits per heavy atom. The van der Waals surface area contributed by atoms with Gasteiger partial charge in [-0.15, -0.1) is 0 Å². The summed E-state index contributed by atoms with van der Waals surface area (Å²) < 4.78 is 11.1. The fourth-order valence-electron chi connectivity index (χ4n) is 4.01. The van der Waals surface area contributed by atoms with Crippen molar-refractivity contribution in [1.82, 2.24) is 0 Å². The first-order chi connectivity index (χ1) is 13.8. The summed E-state index contributed by atoms with van der Waals surface area (Å²) in [4.78, 5) is 12.2. The lowest BCUT2D eigenvalue weighted by Crippen LogP contribution is -2.25. The van der Waals surface area contributed by atoms with Crippen LogP contribution in [0.5, 0.6) is 11.5 Å². The molecule has 29 heavy (non-hydrogen) atoms. The van der Waals surface area contributed by atoms with Crippen molar-refractivity contribution in [1.29, 1.82) is 0 Å². The van der Waals surface area contributed by atoms with Gasteiger partial charge in [-0.2, -0.15) is 0 Å². The average Bonchev–Trinajstić information content (AvgIpc) is 2.71. The van der Waals surface area contributed by atoms with Gasteiger partial charge in [-0.25, -0.2) is 0 Å². The van der Waals surface area contributed by atoms with Crippen molar-refractivity contribution < 1.29 is 14.3 Å². The molecule has 0 saturated heterocycles. The number of aryl methyl sites for hydroxylation is 2. The van der Waals surface area contributed by atoms with E-state index in [9.17, 15) is 4.79 Å². The van der Waals surface area contributed by atoms with Crippen LogP contribution in [0.2, 0.25) is 0 Å². The first-order valence-electron chi connectivity index (χ1n) is 10.8. The highest BCUT2D eigenvalue weighted by atomic mass is 16.5. The summed E-state index contributed by atoms with van der Waals surface area (Å²) in [5.41, 5.74) is 5.08. The highest BCUT2D eigenvalue weighted by molar-refractivity contribution is 5.77. The van der Waals surface area contributed by atoms with Crippen molar-refractivity contribution in [2.75, 3.05) is 7.11 Å². The first-order valence-corrected chi connectivity index (χ1v) is 10.8. The monoisotopic (exact) mass is 394 g/mol. The fourth-order valence-corrected chi connectivity index (χ4v) is 4.01. The smallest absolute Gasteiger partial charge is 0.316 e. The van der Waals surface area contributed by atoms with E-state index in [1.807, 2.05) is 26.8 Å². The van der Waals surface area contributed by atoms with Crippen LogP contribution in [0, 0.1) is 5.41 Å². The van der Waals surface area contributed by atoms with Crippen molar-refractivity contribution in [2.45, 2.75) is 72.1 Å². The van der Waals surface area contributed by atoms with Crippen LogP contribution >= 0.6 is 0 Å². The molecule has 0 saturated carbocycles. The van der Waals surface area contributed by atoms with Crippen molar-refractivity contribution in [3.05, 3.63) is 58.7 Å². The predicted molar refractivity (Wildman–Crippen MR) is 118 cm³/mol. The predicted octanol–water partition coefficient (Wildman–Crippen LogP) is 6.26. The third kappa shape index (κ3) is 5.20. The Labute approximate surface area is 175 Å². The van der Waals surface area contributed by atoms with Crippen LogP contribution in [0.3, 0.4) is 0 Å². The quantitative estimate of drug-likeness (QED) is 0.428. The Morgan fingerprint density at radius 1 is 1.07 bits per heavy atom. The number of fused-ring (bicyclic) bond motifs is 1. The normalized spacial score (nSPS) is 16.2. The molecule has 0 radical (unpaired) electrons. The van der Waals surface area contributed by atoms with Gasteiger partial charge in [-0.3, -0.25) is 4.79 Å². The highest BCUT2D eigenvalue weighted by Crippen LogP contribution is 2.37. The Hall–Kier alpha value is -2.29. The van der Waals surface area contributed by atoms with Crippen LogP contribution in [-0.2, 0) is 24.1 Å². The van der Waals surface area contributed by atoms with Gasteiger partial charge >= 0.3 is 5.97 Å². The molecule has 3 nitrogen and oxygen atoms in total. The van der Waals surface area contributed by atoms with Gasteiger partial charge in [0, 0.05) is 0 Å². The maximum Gasteiger partial charge on any atom is 0.316 e. The van der Waals surface area contributed by atoms with E-state index in [0.717, 1.165) is 31.4 Å². The maximum absolute atomic E-state index is 12.2. The van der Waals surface area contributed by atoms with E-state index < -0.39 is 5.41 Å². The molecule has 0 fully saturated rings. The standard InChI is InChI=1S/C26H34O3/c1-6-7-8-20-17-22(28-5)13-14-24(20)21-10-9-19-16-23(12-11-18(19)15-21)29-25(27)26(2,3)4/h11-14,16-17,21H,6-10,15H2,1-5H3. The maximum atomic E-state index is 12.2. The van der Waals surface area contributed by atoms with E-state index in [-0.39, 0.29) is 5.97 Å². The van der Waals surface area contributed by atoms with E-state index >= 15 is 0 Å². The summed E-state index contributed by atoms with van der Waals surface area (Å²) in [5, 5.41) is 0. The largest absolute Gasteiger partial charge is 0.497 e. The van der Waals surface area contributed by atoms with Gasteiger partial charge in [0.25, 0.3) is 0 Å². The van der Waals surface area contributed by atoms with Crippen LogP contribution in [0.4, 0.5) is 0 Å². The Morgan fingerprint density at radius 3 is 2.52 bits per heavy atom. The van der Waals surface area contributed by atoms with Crippen molar-refractivity contribution in [2.24, 2.45) is 5.41 Å². The molecule has 2 aromatic rings. The summed E-state index contributed by atoms with van der Waals surface area (Å²) in [7, 11) is 1.74. The molecule has 0 aliphatic heterocycles. The molecule has 0 spiro atoms. The molecule has 156 valence electrons. The Balaban J connectivity index is 1.79. The van der Waals surface area contributed by atoms with Gasteiger partial charge in [0.05, 0.1) is 12.5 Å². The molecule has 0 aromatic heterocycles. The molecule has 1 atom stereocenters. The van der Waals surface area contributed by atoms with Crippen LogP contribution < -0.4 is 9.47 Å². The van der Waals surface area contributed by atoms with Gasteiger partial charge < -0.3 is 9.47 Å². The summed E-state index contributed by atoms with van der Waals surface area (Å²) in [6.45, 7) is 7.87. The molecule has 1 aliphatic carbocycles. The van der Waals surface area contributed by atoms with E-state index in [1.165, 1.54) is 35.1 Å². The van der Waals surface area contributed by atoms with Crippen LogP contribution in [0.15, 0.2) is 36.4 Å². The minimum Gasteiger partial charge on any atom is -0.497 e. The van der Waals surface area contributed by atoms with Crippen LogP contribution in [0.1, 0.15) is 75.1 Å². The second-order valence-electron chi connectivity index (χ2n) is 9.18. The zero-order chi connectivity index (χ0) is 21.0. The van der Waals surface area contributed by atoms with E-state index in [2.05, 4.69) is 37.3 Å². The first kappa shape index (κ1) is 21.4. The molecule has 3 heteroatoms. The van der Waals surface area contributed by atoms with Crippen molar-refractivity contribution >= 4 is 5.97 Å². The topological polar surface area (TPSA) is 35.5 Å². The molecule has 0 N–H and O–H groups in total. The number of hydrogen-bond donors (Lipinski definition) is 0. The van der Waals surface area contributed by atoms with Crippen LogP contribution in [-0.4, -0.2) is 13.1 Å². The van der Waals surface area contributed by atoms with Gasteiger partial charge in [-0.05, 0) is 105 Å². The minimum atomic E-state index is -0.496. The number of esters is 1. The lowest BCUT2D eigenvalue weighted by Gasteiger charge is -2.27. The summed E-state index contributed by atoms with van der Waals surface area (Å²) in [6, 6.07) is 12.7. The van der Waals surface area contributed by atoms with Gasteiger partial charge in [0.1, 0.15) is 11.5 Å². The van der Waals surface area contributed by atoms with Gasteiger partial charge in [0.2, 0.25) is 0 Å². The van der Waals surface area contributed by atoms with Gasteiger partial charge in [0.15, 0.2) is 0 Å². The SMILES string of the molecule is CCCCc1cc(OC)ccc1C1CCc2cc(OC(=O)C(C)(C)C)ccc2C1. The van der Waals surface area contributed by atoms with Crippen LogP contribution in [0.25, 0.3) is 0 Å². The Bertz CT molecular complexity index is 861. The number of rotatable bonds is 6. The van der Waals surface area contributed by atoms with E-state index in [4.69, 9.17) is 9.47 Å². The molecule has 1 unspecified atom stereocenters. The number of benzene rings is 2. The molecule has 2 aromatic carbocycles. The van der Waals surface area contributed by atoms with Crippen molar-refractivity contribution in [3.63, 3.8) is 0 Å². The molecular weight excluding hydrogens is 360 g/mol. The Kier molecular flexibility index (Phi) is 6.66. The number of methoxy groups -OCH3 is 1. The zero-order valence-electron chi connectivity index (χ0n) is 18.5. The van der Waals surface area contributed by atoms with Gasteiger partial charge in [-0.1, -0.05) is 25.5 Å². The molecule has 0 bridgehead atoms. The second-order valence-corrected chi connectivity index (χ2v) is 9.18. The van der Waals surface area contributed by atoms with E-state index in [1.54, 1.807) is 7.11 Å². The van der Waals surface area contributed by atoms with E-state index in [0.29, 0.717) is 11.7 Å². The molecule has 3 rings (SSSR count). The number of hydrogen-bond acceptors (Lipinski definition) is 3. The lowest BCUT2D eigenvalue weighted by atomic mass is 9.78. The summed E-state index contributed by atoms with van der Waals surface area (Å²) in [6.07, 6.45) is 6.67. The molecular formula is C26H34O3. The molecule has 0 amide bonds. The second kappa shape index (κ2) is 9.02. The van der Waals surface area contributed by atoms with Crippen molar-refractivity contribution in [3.8, 4) is 11.5 Å². The zero-order valence-corrected chi connectivity index (χ0v) is 18.5. The lowest BCUT2D eigenvalue weighted by molar-refractivity contribution is -0.143. The summed E-state index contributed by atoms with van der Waals surface area (Å²) >= 11 is 0. The summed E-state index contributed by atoms with van der Waals surface area (Å²) in [5.74, 6) is 1.95. The third-order valence-corrected chi connectivity index (χ3v) is 5.82. The average molecular weight is 395 g/mol. The highest BCUT2D eigenvalue weighted by Gasteiger charge is 2.26. The molecule has 1 aliphatic rings.